The maximum atomic E-state index is 12.8. The van der Waals surface area contributed by atoms with Gasteiger partial charge in [-0.15, -0.1) is 0 Å². The molecule has 7 nitrogen and oxygen atoms in total. The second-order valence-corrected chi connectivity index (χ2v) is 7.06. The van der Waals surface area contributed by atoms with Crippen LogP contribution in [0.4, 0.5) is 11.4 Å². The Hall–Kier alpha value is -3.06. The van der Waals surface area contributed by atoms with E-state index in [2.05, 4.69) is 29.4 Å². The third kappa shape index (κ3) is 7.08. The molecule has 162 valence electrons. The van der Waals surface area contributed by atoms with E-state index in [-0.39, 0.29) is 18.4 Å². The molecule has 0 saturated carbocycles. The number of hydrogen-bond acceptors (Lipinski definition) is 5. The molecule has 0 aliphatic heterocycles. The fraction of sp³-hybridized carbons (Fsp3) is 0.391. The van der Waals surface area contributed by atoms with Gasteiger partial charge >= 0.3 is 0 Å². The smallest absolute Gasteiger partial charge is 0.262 e. The Morgan fingerprint density at radius 1 is 1.00 bits per heavy atom. The number of para-hydroxylation sites is 1. The summed E-state index contributed by atoms with van der Waals surface area (Å²) in [7, 11) is 3.77. The van der Waals surface area contributed by atoms with Gasteiger partial charge in [0.05, 0.1) is 5.56 Å². The molecule has 0 fully saturated rings. The molecule has 0 aliphatic rings. The van der Waals surface area contributed by atoms with Gasteiger partial charge in [-0.1, -0.05) is 32.0 Å². The van der Waals surface area contributed by atoms with Gasteiger partial charge in [0.25, 0.3) is 11.8 Å². The van der Waals surface area contributed by atoms with Crippen molar-refractivity contribution in [2.75, 3.05) is 57.1 Å². The number of nitrogens with zero attached hydrogens (tertiary/aromatic N) is 2. The van der Waals surface area contributed by atoms with Crippen LogP contribution < -0.4 is 20.3 Å². The summed E-state index contributed by atoms with van der Waals surface area (Å²) in [5.74, 6) is 0.177. The monoisotopic (exact) mass is 412 g/mol. The van der Waals surface area contributed by atoms with Crippen molar-refractivity contribution in [3.8, 4) is 5.75 Å². The minimum atomic E-state index is -0.288. The molecular formula is C23H32N4O3. The van der Waals surface area contributed by atoms with Gasteiger partial charge in [-0.05, 0) is 43.4 Å². The molecule has 0 atom stereocenters. The lowest BCUT2D eigenvalue weighted by atomic mass is 10.1. The molecule has 0 heterocycles. The van der Waals surface area contributed by atoms with Crippen LogP contribution in [0.25, 0.3) is 0 Å². The first-order valence-corrected chi connectivity index (χ1v) is 10.2. The van der Waals surface area contributed by atoms with Crippen LogP contribution in [0.3, 0.4) is 0 Å². The Balaban J connectivity index is 2.01. The van der Waals surface area contributed by atoms with E-state index in [1.807, 2.05) is 43.3 Å². The Bertz CT molecular complexity index is 820. The van der Waals surface area contributed by atoms with Gasteiger partial charge in [0.2, 0.25) is 0 Å². The molecule has 0 radical (unpaired) electrons. The minimum Gasteiger partial charge on any atom is -0.484 e. The zero-order valence-electron chi connectivity index (χ0n) is 18.3. The van der Waals surface area contributed by atoms with Gasteiger partial charge in [-0.25, -0.2) is 0 Å². The van der Waals surface area contributed by atoms with E-state index in [1.54, 1.807) is 24.3 Å². The standard InChI is InChI=1S/C23H32N4O3/c1-5-27(6-2)15-14-24-23(29)20-16-18(12-13-21(20)26(3)4)25-22(28)17-30-19-10-8-7-9-11-19/h7-13,16H,5-6,14-15,17H2,1-4H3,(H,24,29)(H,25,28). The van der Waals surface area contributed by atoms with Gasteiger partial charge in [-0.2, -0.15) is 0 Å². The van der Waals surface area contributed by atoms with Gasteiger partial charge in [0.15, 0.2) is 6.61 Å². The number of nitrogens with one attached hydrogen (secondary N) is 2. The Labute approximate surface area is 179 Å². The van der Waals surface area contributed by atoms with Crippen LogP contribution in [0.1, 0.15) is 24.2 Å². The molecule has 2 amide bonds. The van der Waals surface area contributed by atoms with E-state index in [9.17, 15) is 9.59 Å². The van der Waals surface area contributed by atoms with Crippen molar-refractivity contribution in [2.45, 2.75) is 13.8 Å². The van der Waals surface area contributed by atoms with Gasteiger partial charge < -0.3 is 25.2 Å². The summed E-state index contributed by atoms with van der Waals surface area (Å²) in [6, 6.07) is 14.5. The molecule has 30 heavy (non-hydrogen) atoms. The highest BCUT2D eigenvalue weighted by molar-refractivity contribution is 6.02. The average molecular weight is 413 g/mol. The predicted molar refractivity (Wildman–Crippen MR) is 121 cm³/mol. The Kier molecular flexibility index (Phi) is 9.15. The summed E-state index contributed by atoms with van der Waals surface area (Å²) in [6.07, 6.45) is 0. The quantitative estimate of drug-likeness (QED) is 0.594. The number of rotatable bonds is 11. The van der Waals surface area contributed by atoms with Crippen molar-refractivity contribution in [3.05, 3.63) is 54.1 Å². The van der Waals surface area contributed by atoms with Crippen LogP contribution in [0, 0.1) is 0 Å². The molecule has 0 aliphatic carbocycles. The van der Waals surface area contributed by atoms with Crippen LogP contribution in [0.15, 0.2) is 48.5 Å². The lowest BCUT2D eigenvalue weighted by molar-refractivity contribution is -0.118. The topological polar surface area (TPSA) is 73.9 Å². The predicted octanol–water partition coefficient (Wildman–Crippen LogP) is 2.84. The summed E-state index contributed by atoms with van der Waals surface area (Å²) < 4.78 is 5.47. The van der Waals surface area contributed by atoms with Crippen molar-refractivity contribution in [3.63, 3.8) is 0 Å². The van der Waals surface area contributed by atoms with Crippen LogP contribution in [0.5, 0.6) is 5.75 Å². The van der Waals surface area contributed by atoms with Crippen molar-refractivity contribution in [1.29, 1.82) is 0 Å². The summed E-state index contributed by atoms with van der Waals surface area (Å²) in [5, 5.41) is 5.77. The number of carbonyl (C=O) groups is 2. The second kappa shape index (κ2) is 11.8. The lowest BCUT2D eigenvalue weighted by Gasteiger charge is -2.20. The molecule has 0 unspecified atom stereocenters. The van der Waals surface area contributed by atoms with E-state index in [4.69, 9.17) is 4.74 Å². The van der Waals surface area contributed by atoms with Crippen molar-refractivity contribution < 1.29 is 14.3 Å². The fourth-order valence-corrected chi connectivity index (χ4v) is 3.01. The van der Waals surface area contributed by atoms with Crippen LogP contribution in [-0.4, -0.2) is 63.6 Å². The molecule has 2 N–H and O–H groups in total. The SMILES string of the molecule is CCN(CC)CCNC(=O)c1cc(NC(=O)COc2ccccc2)ccc1N(C)C. The van der Waals surface area contributed by atoms with Gasteiger partial charge in [0.1, 0.15) is 5.75 Å². The fourth-order valence-electron chi connectivity index (χ4n) is 3.01. The first kappa shape index (κ1) is 23.2. The van der Waals surface area contributed by atoms with E-state index in [1.165, 1.54) is 0 Å². The summed E-state index contributed by atoms with van der Waals surface area (Å²) in [6.45, 7) is 7.35. The van der Waals surface area contributed by atoms with Crippen LogP contribution in [0.2, 0.25) is 0 Å². The van der Waals surface area contributed by atoms with Crippen LogP contribution >= 0.6 is 0 Å². The normalized spacial score (nSPS) is 10.6. The molecule has 2 aromatic rings. The third-order valence-electron chi connectivity index (χ3n) is 4.73. The second-order valence-electron chi connectivity index (χ2n) is 7.06. The molecule has 0 bridgehead atoms. The minimum absolute atomic E-state index is 0.106. The maximum absolute atomic E-state index is 12.8. The number of carbonyl (C=O) groups excluding carboxylic acids is 2. The third-order valence-corrected chi connectivity index (χ3v) is 4.73. The average Bonchev–Trinajstić information content (AvgIpc) is 2.75. The molecule has 0 saturated heterocycles. The van der Waals surface area contributed by atoms with E-state index in [0.29, 0.717) is 23.5 Å². The number of anilines is 2. The molecule has 0 aromatic heterocycles. The number of ether oxygens (including phenoxy) is 1. The number of amides is 2. The highest BCUT2D eigenvalue weighted by Crippen LogP contribution is 2.23. The van der Waals surface area contributed by atoms with Crippen molar-refractivity contribution in [2.24, 2.45) is 0 Å². The summed E-state index contributed by atoms with van der Waals surface area (Å²) >= 11 is 0. The largest absolute Gasteiger partial charge is 0.484 e. The number of benzene rings is 2. The van der Waals surface area contributed by atoms with Gasteiger partial charge in [-0.3, -0.25) is 9.59 Å². The Morgan fingerprint density at radius 2 is 1.70 bits per heavy atom. The van der Waals surface area contributed by atoms with E-state index >= 15 is 0 Å². The van der Waals surface area contributed by atoms with Crippen molar-refractivity contribution in [1.82, 2.24) is 10.2 Å². The van der Waals surface area contributed by atoms with E-state index < -0.39 is 0 Å². The zero-order chi connectivity index (χ0) is 21.9. The first-order chi connectivity index (χ1) is 14.4. The number of hydrogen-bond donors (Lipinski definition) is 2. The van der Waals surface area contributed by atoms with Crippen molar-refractivity contribution >= 4 is 23.2 Å². The molecule has 7 heteroatoms. The zero-order valence-corrected chi connectivity index (χ0v) is 18.3. The Morgan fingerprint density at radius 3 is 2.33 bits per heavy atom. The van der Waals surface area contributed by atoms with E-state index in [0.717, 1.165) is 25.3 Å². The molecule has 2 rings (SSSR count). The van der Waals surface area contributed by atoms with Gasteiger partial charge in [0, 0.05) is 38.6 Å². The van der Waals surface area contributed by atoms with Crippen LogP contribution in [-0.2, 0) is 4.79 Å². The highest BCUT2D eigenvalue weighted by atomic mass is 16.5. The lowest BCUT2D eigenvalue weighted by Crippen LogP contribution is -2.35. The molecular weight excluding hydrogens is 380 g/mol. The highest BCUT2D eigenvalue weighted by Gasteiger charge is 2.15. The molecule has 2 aromatic carbocycles. The molecule has 0 spiro atoms. The maximum Gasteiger partial charge on any atom is 0.262 e. The summed E-state index contributed by atoms with van der Waals surface area (Å²) in [4.78, 5) is 29.2. The number of likely N-dealkylation sites (N-methyl/N-ethyl adjacent to an activating group) is 1. The summed E-state index contributed by atoms with van der Waals surface area (Å²) in [5.41, 5.74) is 1.85. The first-order valence-electron chi connectivity index (χ1n) is 10.2.